The molecule has 1 aromatic carbocycles. The Balaban J connectivity index is 2.36. The molecular formula is C14H17NS. The van der Waals surface area contributed by atoms with E-state index in [4.69, 9.17) is 0 Å². The summed E-state index contributed by atoms with van der Waals surface area (Å²) in [5, 5.41) is 1.46. The van der Waals surface area contributed by atoms with Crippen molar-refractivity contribution in [3.05, 3.63) is 35.0 Å². The van der Waals surface area contributed by atoms with E-state index < -0.39 is 0 Å². The molecule has 2 heterocycles. The van der Waals surface area contributed by atoms with E-state index >= 15 is 0 Å². The summed E-state index contributed by atoms with van der Waals surface area (Å²) in [6, 6.07) is 6.75. The summed E-state index contributed by atoms with van der Waals surface area (Å²) in [6.45, 7) is 3.44. The van der Waals surface area contributed by atoms with E-state index in [0.717, 1.165) is 12.2 Å². The van der Waals surface area contributed by atoms with Crippen molar-refractivity contribution in [2.75, 3.05) is 5.75 Å². The van der Waals surface area contributed by atoms with Crippen molar-refractivity contribution in [3.63, 3.8) is 0 Å². The molecule has 0 amide bonds. The fourth-order valence-corrected chi connectivity index (χ4v) is 3.24. The molecule has 1 nitrogen and oxygen atoms in total. The maximum atomic E-state index is 4.38. The van der Waals surface area contributed by atoms with E-state index in [1.165, 1.54) is 47.1 Å². The first-order valence-electron chi connectivity index (χ1n) is 6.03. The van der Waals surface area contributed by atoms with E-state index in [-0.39, 0.29) is 0 Å². The van der Waals surface area contributed by atoms with Crippen LogP contribution in [0.2, 0.25) is 0 Å². The van der Waals surface area contributed by atoms with Gasteiger partial charge in [-0.15, -0.1) is 0 Å². The highest BCUT2D eigenvalue weighted by atomic mass is 32.1. The van der Waals surface area contributed by atoms with E-state index in [1.807, 2.05) is 0 Å². The zero-order valence-electron chi connectivity index (χ0n) is 9.66. The van der Waals surface area contributed by atoms with Crippen molar-refractivity contribution < 1.29 is 0 Å². The van der Waals surface area contributed by atoms with Gasteiger partial charge in [0, 0.05) is 17.6 Å². The first kappa shape index (κ1) is 10.3. The Morgan fingerprint density at radius 2 is 2.25 bits per heavy atom. The van der Waals surface area contributed by atoms with E-state index in [1.54, 1.807) is 0 Å². The topological polar surface area (TPSA) is 4.93 Å². The minimum atomic E-state index is 0.935. The lowest BCUT2D eigenvalue weighted by atomic mass is 10.0. The molecule has 0 unspecified atom stereocenters. The Labute approximate surface area is 102 Å². The first-order chi connectivity index (χ1) is 7.83. The summed E-state index contributed by atoms with van der Waals surface area (Å²) >= 11 is 4.38. The highest BCUT2D eigenvalue weighted by Gasteiger charge is 2.18. The number of aromatic nitrogens is 1. The van der Waals surface area contributed by atoms with Gasteiger partial charge in [0.2, 0.25) is 0 Å². The minimum Gasteiger partial charge on any atom is -0.344 e. The minimum absolute atomic E-state index is 0.935. The third kappa shape index (κ3) is 1.32. The predicted molar refractivity (Wildman–Crippen MR) is 72.6 cm³/mol. The van der Waals surface area contributed by atoms with Crippen molar-refractivity contribution in [2.24, 2.45) is 0 Å². The van der Waals surface area contributed by atoms with Crippen molar-refractivity contribution in [3.8, 4) is 0 Å². The van der Waals surface area contributed by atoms with Crippen molar-refractivity contribution in [1.82, 2.24) is 4.57 Å². The number of hydrogen-bond donors (Lipinski definition) is 1. The van der Waals surface area contributed by atoms with E-state index in [0.29, 0.717) is 0 Å². The fraction of sp³-hybridized carbons (Fsp3) is 0.429. The Kier molecular flexibility index (Phi) is 2.47. The molecule has 1 aromatic heterocycles. The molecule has 0 aliphatic carbocycles. The predicted octanol–water partition coefficient (Wildman–Crippen LogP) is 3.37. The number of aryl methyl sites for hydroxylation is 3. The molecule has 2 heteroatoms. The zero-order chi connectivity index (χ0) is 11.1. The number of thiol groups is 1. The van der Waals surface area contributed by atoms with Crippen LogP contribution in [0.25, 0.3) is 10.9 Å². The molecule has 1 aliphatic rings. The summed E-state index contributed by atoms with van der Waals surface area (Å²) < 4.78 is 2.51. The second-order valence-electron chi connectivity index (χ2n) is 4.61. The molecule has 0 radical (unpaired) electrons. The monoisotopic (exact) mass is 231 g/mol. The van der Waals surface area contributed by atoms with Gasteiger partial charge in [-0.2, -0.15) is 12.6 Å². The van der Waals surface area contributed by atoms with Crippen LogP contribution in [0.1, 0.15) is 23.2 Å². The molecule has 2 aromatic rings. The maximum absolute atomic E-state index is 4.38. The van der Waals surface area contributed by atoms with E-state index in [9.17, 15) is 0 Å². The molecule has 0 saturated heterocycles. The van der Waals surface area contributed by atoms with Crippen LogP contribution in [0.5, 0.6) is 0 Å². The lowest BCUT2D eigenvalue weighted by molar-refractivity contribution is 0.621. The first-order valence-corrected chi connectivity index (χ1v) is 6.66. The largest absolute Gasteiger partial charge is 0.344 e. The Bertz CT molecular complexity index is 539. The molecule has 0 bridgehead atoms. The van der Waals surface area contributed by atoms with Crippen LogP contribution in [-0.4, -0.2) is 10.3 Å². The smallest absolute Gasteiger partial charge is 0.0517 e. The van der Waals surface area contributed by atoms with Gasteiger partial charge in [-0.25, -0.2) is 0 Å². The molecule has 0 spiro atoms. The third-order valence-corrected chi connectivity index (χ3v) is 3.97. The van der Waals surface area contributed by atoms with Gasteiger partial charge in [0.25, 0.3) is 0 Å². The summed E-state index contributed by atoms with van der Waals surface area (Å²) in [7, 11) is 0. The van der Waals surface area contributed by atoms with Gasteiger partial charge in [-0.1, -0.05) is 18.2 Å². The Morgan fingerprint density at radius 1 is 1.38 bits per heavy atom. The number of benzene rings is 1. The van der Waals surface area contributed by atoms with Gasteiger partial charge in [0.05, 0.1) is 5.52 Å². The van der Waals surface area contributed by atoms with Crippen LogP contribution in [0.3, 0.4) is 0 Å². The normalized spacial score (nSPS) is 14.6. The van der Waals surface area contributed by atoms with Gasteiger partial charge < -0.3 is 4.57 Å². The summed E-state index contributed by atoms with van der Waals surface area (Å²) in [4.78, 5) is 0. The molecule has 3 rings (SSSR count). The van der Waals surface area contributed by atoms with Crippen LogP contribution in [0.4, 0.5) is 0 Å². The number of para-hydroxylation sites is 1. The van der Waals surface area contributed by atoms with Crippen LogP contribution in [0.15, 0.2) is 18.2 Å². The summed E-state index contributed by atoms with van der Waals surface area (Å²) in [5.74, 6) is 0.935. The lowest BCUT2D eigenvalue weighted by Gasteiger charge is -2.16. The number of rotatable bonds is 2. The highest BCUT2D eigenvalue weighted by molar-refractivity contribution is 7.80. The highest BCUT2D eigenvalue weighted by Crippen LogP contribution is 2.32. The SMILES string of the molecule is Cc1c(CCS)c2cccc3c2n1CCC3. The summed E-state index contributed by atoms with van der Waals surface area (Å²) in [5.41, 5.74) is 5.98. The molecule has 1 aliphatic heterocycles. The fourth-order valence-electron chi connectivity index (χ4n) is 3.02. The third-order valence-electron chi connectivity index (χ3n) is 3.75. The van der Waals surface area contributed by atoms with Crippen molar-refractivity contribution in [2.45, 2.75) is 32.7 Å². The Morgan fingerprint density at radius 3 is 3.06 bits per heavy atom. The maximum Gasteiger partial charge on any atom is 0.0517 e. The quantitative estimate of drug-likeness (QED) is 0.756. The second-order valence-corrected chi connectivity index (χ2v) is 5.05. The average molecular weight is 231 g/mol. The van der Waals surface area contributed by atoms with Gasteiger partial charge in [-0.05, 0) is 43.1 Å². The van der Waals surface area contributed by atoms with E-state index in [2.05, 4.69) is 42.3 Å². The molecule has 84 valence electrons. The van der Waals surface area contributed by atoms with Crippen molar-refractivity contribution in [1.29, 1.82) is 0 Å². The zero-order valence-corrected chi connectivity index (χ0v) is 10.6. The van der Waals surface area contributed by atoms with Gasteiger partial charge >= 0.3 is 0 Å². The molecule has 0 atom stereocenters. The second kappa shape index (κ2) is 3.85. The number of hydrogen-bond acceptors (Lipinski definition) is 1. The van der Waals surface area contributed by atoms with Crippen LogP contribution in [0, 0.1) is 6.92 Å². The van der Waals surface area contributed by atoms with Crippen molar-refractivity contribution >= 4 is 23.5 Å². The van der Waals surface area contributed by atoms with Gasteiger partial charge in [0.15, 0.2) is 0 Å². The standard InChI is InChI=1S/C14H17NS/c1-10-12(7-9-16)13-6-2-4-11-5-3-8-15(10)14(11)13/h2,4,6,16H,3,5,7-9H2,1H3. The van der Waals surface area contributed by atoms with Gasteiger partial charge in [-0.3, -0.25) is 0 Å². The Hall–Kier alpha value is -0.890. The lowest BCUT2D eigenvalue weighted by Crippen LogP contribution is -2.08. The summed E-state index contributed by atoms with van der Waals surface area (Å²) in [6.07, 6.45) is 3.60. The van der Waals surface area contributed by atoms with Crippen LogP contribution in [-0.2, 0) is 19.4 Å². The molecule has 0 N–H and O–H groups in total. The van der Waals surface area contributed by atoms with Crippen LogP contribution < -0.4 is 0 Å². The number of nitrogens with zero attached hydrogens (tertiary/aromatic N) is 1. The van der Waals surface area contributed by atoms with Gasteiger partial charge in [0.1, 0.15) is 0 Å². The molecule has 0 fully saturated rings. The molecular weight excluding hydrogens is 214 g/mol. The molecule has 16 heavy (non-hydrogen) atoms. The molecule has 0 saturated carbocycles. The van der Waals surface area contributed by atoms with Crippen LogP contribution >= 0.6 is 12.6 Å². The average Bonchev–Trinajstić information content (AvgIpc) is 2.58.